The van der Waals surface area contributed by atoms with E-state index < -0.39 is 17.6 Å². The molecule has 232 valence electrons. The number of carbonyl (C=O) groups is 1. The molecule has 0 saturated heterocycles. The molecule has 1 aliphatic heterocycles. The van der Waals surface area contributed by atoms with Crippen LogP contribution in [0.3, 0.4) is 0 Å². The molecule has 4 aromatic carbocycles. The van der Waals surface area contributed by atoms with Crippen LogP contribution in [0.2, 0.25) is 0 Å². The number of hydrogen-bond donors (Lipinski definition) is 2. The number of amides is 1. The van der Waals surface area contributed by atoms with Crippen molar-refractivity contribution >= 4 is 17.5 Å². The first-order valence-electron chi connectivity index (χ1n) is 14.7. The number of aliphatic hydroxyl groups excluding tert-OH is 1. The van der Waals surface area contributed by atoms with Crippen molar-refractivity contribution in [3.05, 3.63) is 152 Å². The Labute approximate surface area is 265 Å². The van der Waals surface area contributed by atoms with Crippen LogP contribution in [0.1, 0.15) is 40.3 Å². The SMILES string of the molecule is [N-]=[N+]=NCc1ccccc1C[C@]1(C(=O)NCc2ccccc2)N=C(c2ccc(OCCCO)cc2)O[C@H]1c1ccccc1N=[N+]=[N-]. The van der Waals surface area contributed by atoms with Crippen LogP contribution in [-0.4, -0.2) is 35.7 Å². The Balaban J connectivity index is 1.64. The Bertz CT molecular complexity index is 1780. The van der Waals surface area contributed by atoms with Gasteiger partial charge in [0.05, 0.1) is 13.2 Å². The third-order valence-corrected chi connectivity index (χ3v) is 7.58. The van der Waals surface area contributed by atoms with E-state index in [1.165, 1.54) is 0 Å². The van der Waals surface area contributed by atoms with Crippen LogP contribution in [0.25, 0.3) is 20.9 Å². The number of rotatable bonds is 14. The maximum absolute atomic E-state index is 14.6. The van der Waals surface area contributed by atoms with Crippen molar-refractivity contribution in [2.45, 2.75) is 37.6 Å². The van der Waals surface area contributed by atoms with Gasteiger partial charge in [-0.15, -0.1) is 0 Å². The van der Waals surface area contributed by atoms with E-state index in [4.69, 9.17) is 25.1 Å². The third kappa shape index (κ3) is 7.28. The fraction of sp³-hybridized carbons (Fsp3) is 0.235. The quantitative estimate of drug-likeness (QED) is 0.0670. The van der Waals surface area contributed by atoms with Crippen molar-refractivity contribution in [2.75, 3.05) is 13.2 Å². The minimum atomic E-state index is -1.56. The predicted octanol–water partition coefficient (Wildman–Crippen LogP) is 7.02. The van der Waals surface area contributed by atoms with E-state index in [1.54, 1.807) is 48.5 Å². The molecular formula is C34H32N8O4. The molecule has 0 bridgehead atoms. The van der Waals surface area contributed by atoms with Crippen molar-refractivity contribution in [3.8, 4) is 5.75 Å². The van der Waals surface area contributed by atoms with E-state index in [0.29, 0.717) is 35.6 Å². The minimum Gasteiger partial charge on any atom is -0.494 e. The molecule has 5 rings (SSSR count). The number of ether oxygens (including phenoxy) is 2. The molecule has 1 amide bonds. The zero-order valence-electron chi connectivity index (χ0n) is 24.9. The first kappa shape index (κ1) is 31.6. The number of benzene rings is 4. The number of aliphatic hydroxyl groups is 1. The van der Waals surface area contributed by atoms with Gasteiger partial charge in [-0.05, 0) is 52.0 Å². The van der Waals surface area contributed by atoms with Crippen molar-refractivity contribution in [1.29, 1.82) is 0 Å². The molecule has 0 radical (unpaired) electrons. The summed E-state index contributed by atoms with van der Waals surface area (Å²) in [4.78, 5) is 25.6. The number of hydrogen-bond acceptors (Lipinski definition) is 7. The van der Waals surface area contributed by atoms with E-state index in [0.717, 1.165) is 16.7 Å². The Morgan fingerprint density at radius 3 is 2.39 bits per heavy atom. The van der Waals surface area contributed by atoms with E-state index >= 15 is 0 Å². The summed E-state index contributed by atoms with van der Waals surface area (Å²) in [5.74, 6) is 0.444. The van der Waals surface area contributed by atoms with Gasteiger partial charge in [0.25, 0.3) is 5.91 Å². The lowest BCUT2D eigenvalue weighted by Crippen LogP contribution is -2.49. The van der Waals surface area contributed by atoms with Gasteiger partial charge in [-0.2, -0.15) is 0 Å². The van der Waals surface area contributed by atoms with Crippen molar-refractivity contribution in [2.24, 2.45) is 15.2 Å². The monoisotopic (exact) mass is 616 g/mol. The van der Waals surface area contributed by atoms with E-state index in [1.807, 2.05) is 54.6 Å². The van der Waals surface area contributed by atoms with Gasteiger partial charge >= 0.3 is 0 Å². The lowest BCUT2D eigenvalue weighted by molar-refractivity contribution is -0.129. The summed E-state index contributed by atoms with van der Waals surface area (Å²) in [7, 11) is 0. The Morgan fingerprint density at radius 1 is 0.935 bits per heavy atom. The molecule has 0 saturated carbocycles. The number of nitrogens with zero attached hydrogens (tertiary/aromatic N) is 7. The fourth-order valence-electron chi connectivity index (χ4n) is 5.32. The molecule has 1 heterocycles. The van der Waals surface area contributed by atoms with Crippen LogP contribution in [0.4, 0.5) is 5.69 Å². The molecular weight excluding hydrogens is 584 g/mol. The maximum atomic E-state index is 14.6. The van der Waals surface area contributed by atoms with E-state index in [2.05, 4.69) is 25.4 Å². The maximum Gasteiger partial charge on any atom is 0.252 e. The highest BCUT2D eigenvalue weighted by atomic mass is 16.5. The highest BCUT2D eigenvalue weighted by Crippen LogP contribution is 2.45. The molecule has 12 heteroatoms. The number of carbonyl (C=O) groups excluding carboxylic acids is 1. The summed E-state index contributed by atoms with van der Waals surface area (Å²) in [5.41, 5.74) is 20.6. The standard InChI is InChI=1S/C34H32N8O4/c35-41-38-23-27-12-5-4-11-26(27)21-34(33(44)37-22-24-9-2-1-3-10-24)31(29-13-6-7-14-30(29)40-42-36)46-32(39-34)25-15-17-28(18-16-25)45-20-8-19-43/h1-7,9-18,31,43H,8,19-23H2,(H,37,44)/t31-,34-/m0/s1. The largest absolute Gasteiger partial charge is 0.494 e. The second kappa shape index (κ2) is 15.3. The van der Waals surface area contributed by atoms with E-state index in [-0.39, 0.29) is 32.0 Å². The molecule has 2 atom stereocenters. The predicted molar refractivity (Wildman–Crippen MR) is 173 cm³/mol. The van der Waals surface area contributed by atoms with Crippen LogP contribution in [0.5, 0.6) is 5.75 Å². The molecule has 12 nitrogen and oxygen atoms in total. The van der Waals surface area contributed by atoms with Crippen LogP contribution in [0, 0.1) is 0 Å². The van der Waals surface area contributed by atoms with Crippen LogP contribution >= 0.6 is 0 Å². The lowest BCUT2D eigenvalue weighted by Gasteiger charge is -2.32. The van der Waals surface area contributed by atoms with Crippen LogP contribution < -0.4 is 10.1 Å². The molecule has 46 heavy (non-hydrogen) atoms. The molecule has 0 aliphatic carbocycles. The molecule has 0 aromatic heterocycles. The molecule has 1 aliphatic rings. The molecule has 0 spiro atoms. The average molecular weight is 617 g/mol. The zero-order valence-corrected chi connectivity index (χ0v) is 24.9. The highest BCUT2D eigenvalue weighted by Gasteiger charge is 2.54. The first-order valence-corrected chi connectivity index (χ1v) is 14.7. The Hall–Kier alpha value is -5.80. The normalized spacial score (nSPS) is 16.7. The van der Waals surface area contributed by atoms with Gasteiger partial charge in [0.1, 0.15) is 5.75 Å². The van der Waals surface area contributed by atoms with E-state index in [9.17, 15) is 10.3 Å². The van der Waals surface area contributed by atoms with Crippen molar-refractivity contribution in [1.82, 2.24) is 5.32 Å². The smallest absolute Gasteiger partial charge is 0.252 e. The molecule has 0 unspecified atom stereocenters. The topological polar surface area (TPSA) is 178 Å². The van der Waals surface area contributed by atoms with Gasteiger partial charge in [0.2, 0.25) is 5.90 Å². The van der Waals surface area contributed by atoms with Gasteiger partial charge in [0, 0.05) is 52.6 Å². The Kier molecular flexibility index (Phi) is 10.5. The molecule has 4 aromatic rings. The van der Waals surface area contributed by atoms with Gasteiger partial charge in [0.15, 0.2) is 11.6 Å². The summed E-state index contributed by atoms with van der Waals surface area (Å²) < 4.78 is 12.3. The first-order chi connectivity index (χ1) is 22.6. The summed E-state index contributed by atoms with van der Waals surface area (Å²) in [6, 6.07) is 31.0. The Morgan fingerprint density at radius 2 is 1.65 bits per heavy atom. The number of aliphatic imine (C=N–C) groups is 1. The van der Waals surface area contributed by atoms with Gasteiger partial charge in [-0.1, -0.05) is 89.1 Å². The summed E-state index contributed by atoms with van der Waals surface area (Å²) in [5, 5.41) is 19.8. The average Bonchev–Trinajstić information content (AvgIpc) is 3.48. The van der Waals surface area contributed by atoms with Crippen LogP contribution in [-0.2, 0) is 29.0 Å². The van der Waals surface area contributed by atoms with Gasteiger partial charge in [-0.3, -0.25) is 4.79 Å². The second-order valence-corrected chi connectivity index (χ2v) is 10.5. The van der Waals surface area contributed by atoms with Crippen molar-refractivity contribution in [3.63, 3.8) is 0 Å². The third-order valence-electron chi connectivity index (χ3n) is 7.58. The van der Waals surface area contributed by atoms with Crippen LogP contribution in [0.15, 0.2) is 118 Å². The highest BCUT2D eigenvalue weighted by molar-refractivity contribution is 6.01. The lowest BCUT2D eigenvalue weighted by atomic mass is 9.80. The summed E-state index contributed by atoms with van der Waals surface area (Å²) >= 11 is 0. The summed E-state index contributed by atoms with van der Waals surface area (Å²) in [6.07, 6.45) is -0.398. The molecule has 2 N–H and O–H groups in total. The summed E-state index contributed by atoms with van der Waals surface area (Å²) in [6.45, 7) is 0.730. The second-order valence-electron chi connectivity index (χ2n) is 10.5. The zero-order chi connectivity index (χ0) is 32.2. The van der Waals surface area contributed by atoms with Gasteiger partial charge in [-0.25, -0.2) is 4.99 Å². The minimum absolute atomic E-state index is 0.0296. The van der Waals surface area contributed by atoms with Gasteiger partial charge < -0.3 is 19.9 Å². The number of nitrogens with one attached hydrogen (secondary N) is 1. The molecule has 0 fully saturated rings. The van der Waals surface area contributed by atoms with Crippen molar-refractivity contribution < 1.29 is 19.4 Å². The number of azide groups is 2. The fourth-order valence-corrected chi connectivity index (χ4v) is 5.32.